The molecule has 0 amide bonds. The number of aryl methyl sites for hydroxylation is 1. The van der Waals surface area contributed by atoms with Crippen LogP contribution in [0.15, 0.2) is 24.3 Å². The summed E-state index contributed by atoms with van der Waals surface area (Å²) in [5.41, 5.74) is 2.24. The molecule has 1 N–H and O–H groups in total. The molecule has 1 aliphatic heterocycles. The van der Waals surface area contributed by atoms with Crippen molar-refractivity contribution in [3.8, 4) is 0 Å². The van der Waals surface area contributed by atoms with Crippen LogP contribution in [0.5, 0.6) is 0 Å². The summed E-state index contributed by atoms with van der Waals surface area (Å²) >= 11 is 0. The minimum Gasteiger partial charge on any atom is -0.392 e. The van der Waals surface area contributed by atoms with Crippen LogP contribution in [-0.4, -0.2) is 15.8 Å². The minimum atomic E-state index is -4.16. The Morgan fingerprint density at radius 1 is 1.26 bits per heavy atom. The number of aliphatic hydroxyl groups is 1. The van der Waals surface area contributed by atoms with Gasteiger partial charge in [0.1, 0.15) is 0 Å². The van der Waals surface area contributed by atoms with E-state index in [0.29, 0.717) is 24.2 Å². The van der Waals surface area contributed by atoms with Crippen LogP contribution in [0.2, 0.25) is 0 Å². The van der Waals surface area contributed by atoms with Crippen LogP contribution < -0.4 is 0 Å². The highest BCUT2D eigenvalue weighted by Crippen LogP contribution is 2.43. The molecule has 2 aromatic rings. The molecule has 1 atom stereocenters. The normalized spacial score (nSPS) is 19.1. The number of alkyl halides is 3. The van der Waals surface area contributed by atoms with E-state index < -0.39 is 18.5 Å². The van der Waals surface area contributed by atoms with E-state index in [4.69, 9.17) is 0 Å². The fourth-order valence-electron chi connectivity index (χ4n) is 3.17. The first-order valence-corrected chi connectivity index (χ1v) is 6.29. The number of para-hydroxylation sites is 1. The summed E-state index contributed by atoms with van der Waals surface area (Å²) in [4.78, 5) is 0. The maximum Gasteiger partial charge on any atom is 0.389 e. The van der Waals surface area contributed by atoms with E-state index in [-0.39, 0.29) is 6.61 Å². The summed E-state index contributed by atoms with van der Waals surface area (Å²) in [5, 5.41) is 10.4. The lowest BCUT2D eigenvalue weighted by Crippen LogP contribution is -2.13. The van der Waals surface area contributed by atoms with Gasteiger partial charge in [0.15, 0.2) is 0 Å². The van der Waals surface area contributed by atoms with Gasteiger partial charge in [0.25, 0.3) is 0 Å². The van der Waals surface area contributed by atoms with E-state index in [2.05, 4.69) is 0 Å². The van der Waals surface area contributed by atoms with Crippen LogP contribution in [0.25, 0.3) is 10.9 Å². The van der Waals surface area contributed by atoms with Gasteiger partial charge in [-0.15, -0.1) is 0 Å². The molecule has 1 aromatic carbocycles. The molecule has 1 aliphatic rings. The number of nitrogens with zero attached hydrogens (tertiary/aromatic N) is 1. The van der Waals surface area contributed by atoms with Crippen molar-refractivity contribution in [3.05, 3.63) is 35.5 Å². The molecule has 0 radical (unpaired) electrons. The summed E-state index contributed by atoms with van der Waals surface area (Å²) in [6, 6.07) is 7.47. The fraction of sp³-hybridized carbons (Fsp3) is 0.429. The van der Waals surface area contributed by atoms with Gasteiger partial charge in [-0.1, -0.05) is 18.2 Å². The molecule has 1 unspecified atom stereocenters. The highest BCUT2D eigenvalue weighted by Gasteiger charge is 2.38. The van der Waals surface area contributed by atoms with Gasteiger partial charge in [-0.3, -0.25) is 0 Å². The first-order chi connectivity index (χ1) is 9.01. The third-order valence-electron chi connectivity index (χ3n) is 3.84. The van der Waals surface area contributed by atoms with Crippen molar-refractivity contribution in [1.82, 2.24) is 4.57 Å². The minimum absolute atomic E-state index is 0.211. The Morgan fingerprint density at radius 2 is 2.00 bits per heavy atom. The second-order valence-electron chi connectivity index (χ2n) is 5.00. The number of hydrogen-bond acceptors (Lipinski definition) is 1. The molecule has 3 rings (SSSR count). The summed E-state index contributed by atoms with van der Waals surface area (Å²) in [6.07, 6.45) is -4.48. The predicted molar refractivity (Wildman–Crippen MR) is 65.9 cm³/mol. The summed E-state index contributed by atoms with van der Waals surface area (Å²) in [7, 11) is 0. The molecule has 0 spiro atoms. The predicted octanol–water partition coefficient (Wildman–Crippen LogP) is 3.57. The van der Waals surface area contributed by atoms with Gasteiger partial charge >= 0.3 is 6.18 Å². The molecule has 19 heavy (non-hydrogen) atoms. The van der Waals surface area contributed by atoms with Crippen LogP contribution in [0.1, 0.15) is 30.0 Å². The van der Waals surface area contributed by atoms with Crippen molar-refractivity contribution in [2.45, 2.75) is 38.1 Å². The number of hydrogen-bond donors (Lipinski definition) is 1. The van der Waals surface area contributed by atoms with E-state index in [1.54, 1.807) is 0 Å². The second kappa shape index (κ2) is 4.27. The SMILES string of the molecule is OCc1c2n(c3ccccc13)CCC2CC(F)(F)F. The quantitative estimate of drug-likeness (QED) is 0.885. The van der Waals surface area contributed by atoms with E-state index in [0.717, 1.165) is 10.9 Å². The Morgan fingerprint density at radius 3 is 2.68 bits per heavy atom. The topological polar surface area (TPSA) is 25.2 Å². The number of benzene rings is 1. The third-order valence-corrected chi connectivity index (χ3v) is 3.84. The van der Waals surface area contributed by atoms with Crippen molar-refractivity contribution in [1.29, 1.82) is 0 Å². The monoisotopic (exact) mass is 269 g/mol. The zero-order chi connectivity index (χ0) is 13.6. The van der Waals surface area contributed by atoms with Crippen LogP contribution >= 0.6 is 0 Å². The summed E-state index contributed by atoms with van der Waals surface area (Å²) in [5.74, 6) is -0.533. The molecule has 0 fully saturated rings. The van der Waals surface area contributed by atoms with Crippen LogP contribution in [-0.2, 0) is 13.2 Å². The molecule has 0 saturated carbocycles. The van der Waals surface area contributed by atoms with E-state index in [9.17, 15) is 18.3 Å². The Kier molecular flexibility index (Phi) is 2.82. The lowest BCUT2D eigenvalue weighted by atomic mass is 9.96. The Labute approximate surface area is 108 Å². The summed E-state index contributed by atoms with van der Waals surface area (Å²) in [6.45, 7) is 0.383. The molecule has 1 aromatic heterocycles. The lowest BCUT2D eigenvalue weighted by molar-refractivity contribution is -0.138. The first-order valence-electron chi connectivity index (χ1n) is 6.29. The van der Waals surface area contributed by atoms with Gasteiger partial charge in [0, 0.05) is 34.6 Å². The van der Waals surface area contributed by atoms with E-state index >= 15 is 0 Å². The van der Waals surface area contributed by atoms with Crippen molar-refractivity contribution in [2.24, 2.45) is 0 Å². The van der Waals surface area contributed by atoms with E-state index in [1.807, 2.05) is 28.8 Å². The van der Waals surface area contributed by atoms with Gasteiger partial charge in [0.2, 0.25) is 0 Å². The molecule has 0 bridgehead atoms. The smallest absolute Gasteiger partial charge is 0.389 e. The molecule has 102 valence electrons. The van der Waals surface area contributed by atoms with Gasteiger partial charge in [0.05, 0.1) is 13.0 Å². The first kappa shape index (κ1) is 12.5. The van der Waals surface area contributed by atoms with Gasteiger partial charge in [-0.2, -0.15) is 13.2 Å². The average molecular weight is 269 g/mol. The zero-order valence-corrected chi connectivity index (χ0v) is 10.2. The van der Waals surface area contributed by atoms with Crippen LogP contribution in [0, 0.1) is 0 Å². The third kappa shape index (κ3) is 2.02. The number of rotatable bonds is 2. The Bertz CT molecular complexity index is 600. The molecule has 2 nitrogen and oxygen atoms in total. The van der Waals surface area contributed by atoms with Gasteiger partial charge in [-0.25, -0.2) is 0 Å². The number of fused-ring (bicyclic) bond motifs is 3. The largest absolute Gasteiger partial charge is 0.392 e. The van der Waals surface area contributed by atoms with Crippen molar-refractivity contribution in [3.63, 3.8) is 0 Å². The molecule has 0 aliphatic carbocycles. The van der Waals surface area contributed by atoms with Gasteiger partial charge < -0.3 is 9.67 Å². The molecular weight excluding hydrogens is 255 g/mol. The van der Waals surface area contributed by atoms with Gasteiger partial charge in [-0.05, 0) is 12.5 Å². The highest BCUT2D eigenvalue weighted by atomic mass is 19.4. The van der Waals surface area contributed by atoms with Crippen molar-refractivity contribution < 1.29 is 18.3 Å². The lowest BCUT2D eigenvalue weighted by Gasteiger charge is -2.14. The van der Waals surface area contributed by atoms with E-state index in [1.165, 1.54) is 0 Å². The zero-order valence-electron chi connectivity index (χ0n) is 10.2. The molecular formula is C14H14F3NO. The number of aliphatic hydroxyl groups excluding tert-OH is 1. The molecule has 0 saturated heterocycles. The second-order valence-corrected chi connectivity index (χ2v) is 5.00. The van der Waals surface area contributed by atoms with Crippen molar-refractivity contribution in [2.75, 3.05) is 0 Å². The highest BCUT2D eigenvalue weighted by molar-refractivity contribution is 5.86. The molecule has 2 heterocycles. The molecule has 5 heteroatoms. The maximum atomic E-state index is 12.6. The Balaban J connectivity index is 2.14. The maximum absolute atomic E-state index is 12.6. The van der Waals surface area contributed by atoms with Crippen LogP contribution in [0.3, 0.4) is 0 Å². The van der Waals surface area contributed by atoms with Crippen molar-refractivity contribution >= 4 is 10.9 Å². The fourth-order valence-corrected chi connectivity index (χ4v) is 3.17. The van der Waals surface area contributed by atoms with Crippen LogP contribution in [0.4, 0.5) is 13.2 Å². The Hall–Kier alpha value is -1.49. The average Bonchev–Trinajstić information content (AvgIpc) is 2.86. The summed E-state index contributed by atoms with van der Waals surface area (Å²) < 4.78 is 39.8. The number of halogens is 3. The standard InChI is InChI=1S/C14H14F3NO/c15-14(16,17)7-9-5-6-18-12-4-2-1-3-10(12)11(8-19)13(9)18/h1-4,9,19H,5-8H2. The number of aromatic nitrogens is 1.